The summed E-state index contributed by atoms with van der Waals surface area (Å²) in [7, 11) is 2.10. The van der Waals surface area contributed by atoms with Crippen LogP contribution in [0.5, 0.6) is 0 Å². The summed E-state index contributed by atoms with van der Waals surface area (Å²) in [6.45, 7) is 1.94. The molecule has 1 N–H and O–H groups in total. The number of ether oxygens (including phenoxy) is 1. The van der Waals surface area contributed by atoms with Crippen molar-refractivity contribution in [2.45, 2.75) is 43.4 Å². The molecule has 1 aliphatic carbocycles. The van der Waals surface area contributed by atoms with Crippen LogP contribution in [0.2, 0.25) is 0 Å². The fourth-order valence-corrected chi connectivity index (χ4v) is 4.20. The number of hydrogen-bond acceptors (Lipinski definition) is 3. The third kappa shape index (κ3) is 3.36. The standard InChI is InChI=1S/C12H23NOS/c1-13-12(10-6-7-14-8-10)9-15-11-4-2-3-5-11/h10-13H,2-9H2,1H3. The third-order valence-electron chi connectivity index (χ3n) is 3.72. The van der Waals surface area contributed by atoms with E-state index in [0.29, 0.717) is 6.04 Å². The zero-order valence-corrected chi connectivity index (χ0v) is 10.5. The Morgan fingerprint density at radius 2 is 2.13 bits per heavy atom. The summed E-state index contributed by atoms with van der Waals surface area (Å²) in [5.41, 5.74) is 0. The highest BCUT2D eigenvalue weighted by molar-refractivity contribution is 7.99. The summed E-state index contributed by atoms with van der Waals surface area (Å²) >= 11 is 2.19. The Morgan fingerprint density at radius 1 is 1.33 bits per heavy atom. The minimum absolute atomic E-state index is 0.665. The molecular weight excluding hydrogens is 206 g/mol. The molecule has 3 heteroatoms. The summed E-state index contributed by atoms with van der Waals surface area (Å²) in [5, 5.41) is 4.41. The first kappa shape index (κ1) is 11.7. The highest BCUT2D eigenvalue weighted by atomic mass is 32.2. The molecule has 0 aromatic carbocycles. The lowest BCUT2D eigenvalue weighted by atomic mass is 10.0. The highest BCUT2D eigenvalue weighted by Crippen LogP contribution is 2.31. The predicted octanol–water partition coefficient (Wildman–Crippen LogP) is 2.29. The monoisotopic (exact) mass is 229 g/mol. The Bertz CT molecular complexity index is 176. The molecule has 0 amide bonds. The molecule has 2 fully saturated rings. The van der Waals surface area contributed by atoms with Crippen molar-refractivity contribution in [3.63, 3.8) is 0 Å². The first-order valence-electron chi connectivity index (χ1n) is 6.26. The van der Waals surface area contributed by atoms with Crippen LogP contribution in [0, 0.1) is 5.92 Å². The number of hydrogen-bond donors (Lipinski definition) is 1. The molecule has 1 aliphatic heterocycles. The second kappa shape index (κ2) is 6.12. The van der Waals surface area contributed by atoms with Gasteiger partial charge in [-0.25, -0.2) is 0 Å². The van der Waals surface area contributed by atoms with Gasteiger partial charge in [0.25, 0.3) is 0 Å². The molecule has 0 spiro atoms. The molecular formula is C12H23NOS. The van der Waals surface area contributed by atoms with E-state index < -0.39 is 0 Å². The van der Waals surface area contributed by atoms with Gasteiger partial charge in [0.2, 0.25) is 0 Å². The molecule has 2 nitrogen and oxygen atoms in total. The van der Waals surface area contributed by atoms with Crippen molar-refractivity contribution >= 4 is 11.8 Å². The van der Waals surface area contributed by atoms with Crippen LogP contribution in [0.15, 0.2) is 0 Å². The Morgan fingerprint density at radius 3 is 2.73 bits per heavy atom. The van der Waals surface area contributed by atoms with Gasteiger partial charge in [0.1, 0.15) is 0 Å². The summed E-state index contributed by atoms with van der Waals surface area (Å²) in [6.07, 6.45) is 7.05. The van der Waals surface area contributed by atoms with Gasteiger partial charge in [-0.05, 0) is 26.3 Å². The van der Waals surface area contributed by atoms with Crippen LogP contribution in [0.1, 0.15) is 32.1 Å². The first-order chi connectivity index (χ1) is 7.40. The van der Waals surface area contributed by atoms with E-state index in [1.807, 2.05) is 0 Å². The molecule has 2 rings (SSSR count). The van der Waals surface area contributed by atoms with Gasteiger partial charge in [0, 0.05) is 29.6 Å². The normalized spacial score (nSPS) is 29.8. The van der Waals surface area contributed by atoms with Crippen molar-refractivity contribution in [3.8, 4) is 0 Å². The Hall–Kier alpha value is 0.270. The van der Waals surface area contributed by atoms with Crippen LogP contribution >= 0.6 is 11.8 Å². The average molecular weight is 229 g/mol. The summed E-state index contributed by atoms with van der Waals surface area (Å²) in [4.78, 5) is 0. The maximum Gasteiger partial charge on any atom is 0.0510 e. The SMILES string of the molecule is CNC(CSC1CCCC1)C1CCOC1. The second-order valence-electron chi connectivity index (χ2n) is 4.76. The molecule has 2 atom stereocenters. The van der Waals surface area contributed by atoms with E-state index in [0.717, 1.165) is 24.4 Å². The maximum absolute atomic E-state index is 5.46. The Balaban J connectivity index is 1.69. The van der Waals surface area contributed by atoms with Gasteiger partial charge >= 0.3 is 0 Å². The fraction of sp³-hybridized carbons (Fsp3) is 1.00. The topological polar surface area (TPSA) is 21.3 Å². The lowest BCUT2D eigenvalue weighted by Crippen LogP contribution is -2.36. The van der Waals surface area contributed by atoms with Crippen molar-refractivity contribution in [1.82, 2.24) is 5.32 Å². The van der Waals surface area contributed by atoms with Crippen molar-refractivity contribution in [3.05, 3.63) is 0 Å². The van der Waals surface area contributed by atoms with Crippen molar-refractivity contribution < 1.29 is 4.74 Å². The summed E-state index contributed by atoms with van der Waals surface area (Å²) in [6, 6.07) is 0.665. The van der Waals surface area contributed by atoms with E-state index in [4.69, 9.17) is 4.74 Å². The van der Waals surface area contributed by atoms with Crippen molar-refractivity contribution in [2.24, 2.45) is 5.92 Å². The van der Waals surface area contributed by atoms with Gasteiger partial charge in [-0.3, -0.25) is 0 Å². The largest absolute Gasteiger partial charge is 0.381 e. The molecule has 1 heterocycles. The van der Waals surface area contributed by atoms with Crippen LogP contribution in [0.25, 0.3) is 0 Å². The highest BCUT2D eigenvalue weighted by Gasteiger charge is 2.26. The van der Waals surface area contributed by atoms with Gasteiger partial charge in [-0.15, -0.1) is 0 Å². The van der Waals surface area contributed by atoms with Crippen LogP contribution < -0.4 is 5.32 Å². The van der Waals surface area contributed by atoms with Gasteiger partial charge in [0.05, 0.1) is 6.61 Å². The quantitative estimate of drug-likeness (QED) is 0.781. The molecule has 15 heavy (non-hydrogen) atoms. The Labute approximate surface area is 97.5 Å². The number of thioether (sulfide) groups is 1. The van der Waals surface area contributed by atoms with Gasteiger partial charge in [-0.1, -0.05) is 12.8 Å². The van der Waals surface area contributed by atoms with E-state index in [9.17, 15) is 0 Å². The van der Waals surface area contributed by atoms with Crippen molar-refractivity contribution in [1.29, 1.82) is 0 Å². The zero-order chi connectivity index (χ0) is 10.5. The summed E-state index contributed by atoms with van der Waals surface area (Å²) in [5.74, 6) is 2.03. The zero-order valence-electron chi connectivity index (χ0n) is 9.71. The second-order valence-corrected chi connectivity index (χ2v) is 6.09. The molecule has 1 saturated heterocycles. The fourth-order valence-electron chi connectivity index (χ4n) is 2.62. The van der Waals surface area contributed by atoms with Gasteiger partial charge < -0.3 is 10.1 Å². The first-order valence-corrected chi connectivity index (χ1v) is 7.31. The molecule has 0 aromatic heterocycles. The lowest BCUT2D eigenvalue weighted by Gasteiger charge is -2.22. The molecule has 88 valence electrons. The van der Waals surface area contributed by atoms with E-state index >= 15 is 0 Å². The van der Waals surface area contributed by atoms with Crippen LogP contribution in [-0.2, 0) is 4.74 Å². The number of nitrogens with one attached hydrogen (secondary N) is 1. The Kier molecular flexibility index (Phi) is 4.79. The van der Waals surface area contributed by atoms with E-state index in [2.05, 4.69) is 24.1 Å². The van der Waals surface area contributed by atoms with E-state index in [1.54, 1.807) is 0 Å². The molecule has 1 saturated carbocycles. The molecule has 2 aliphatic rings. The van der Waals surface area contributed by atoms with Crippen LogP contribution in [0.3, 0.4) is 0 Å². The smallest absolute Gasteiger partial charge is 0.0510 e. The molecule has 2 unspecified atom stereocenters. The molecule has 0 radical (unpaired) electrons. The van der Waals surface area contributed by atoms with Crippen molar-refractivity contribution in [2.75, 3.05) is 26.0 Å². The average Bonchev–Trinajstić information content (AvgIpc) is 2.90. The van der Waals surface area contributed by atoms with E-state index in [-0.39, 0.29) is 0 Å². The number of rotatable bonds is 5. The van der Waals surface area contributed by atoms with E-state index in [1.165, 1.54) is 37.9 Å². The predicted molar refractivity (Wildman–Crippen MR) is 66.5 cm³/mol. The third-order valence-corrected chi connectivity index (χ3v) is 5.21. The van der Waals surface area contributed by atoms with Crippen LogP contribution in [-0.4, -0.2) is 37.3 Å². The van der Waals surface area contributed by atoms with Gasteiger partial charge in [0.15, 0.2) is 0 Å². The summed E-state index contributed by atoms with van der Waals surface area (Å²) < 4.78 is 5.46. The minimum Gasteiger partial charge on any atom is -0.381 e. The van der Waals surface area contributed by atoms with Crippen LogP contribution in [0.4, 0.5) is 0 Å². The molecule has 0 bridgehead atoms. The maximum atomic E-state index is 5.46. The minimum atomic E-state index is 0.665. The molecule has 0 aromatic rings. The van der Waals surface area contributed by atoms with Gasteiger partial charge in [-0.2, -0.15) is 11.8 Å². The lowest BCUT2D eigenvalue weighted by molar-refractivity contribution is 0.179.